The fraction of sp³-hybridized carbons (Fsp3) is 0.435. The van der Waals surface area contributed by atoms with Crippen LogP contribution in [0.1, 0.15) is 47.7 Å². The Labute approximate surface area is 181 Å². The van der Waals surface area contributed by atoms with Crippen LogP contribution in [0.25, 0.3) is 0 Å². The van der Waals surface area contributed by atoms with Crippen molar-refractivity contribution < 1.29 is 18.8 Å². The summed E-state index contributed by atoms with van der Waals surface area (Å²) in [5.41, 5.74) is 1.83. The Balaban J connectivity index is 1.32. The maximum atomic E-state index is 12.8. The van der Waals surface area contributed by atoms with Crippen LogP contribution in [-0.2, 0) is 4.79 Å². The molecule has 1 unspecified atom stereocenters. The molecule has 1 aromatic heterocycles. The number of furan rings is 1. The van der Waals surface area contributed by atoms with Gasteiger partial charge < -0.3 is 24.4 Å². The Kier molecular flexibility index (Phi) is 5.97. The summed E-state index contributed by atoms with van der Waals surface area (Å²) in [5, 5.41) is 3.04. The molecular formula is C23H28N4O4. The van der Waals surface area contributed by atoms with E-state index in [1.165, 1.54) is 0 Å². The molecule has 2 aliphatic heterocycles. The molecule has 1 N–H and O–H groups in total. The molecule has 0 spiro atoms. The van der Waals surface area contributed by atoms with E-state index in [4.69, 9.17) is 4.42 Å². The van der Waals surface area contributed by atoms with Crippen LogP contribution in [0.3, 0.4) is 0 Å². The van der Waals surface area contributed by atoms with E-state index < -0.39 is 0 Å². The van der Waals surface area contributed by atoms with Gasteiger partial charge in [-0.3, -0.25) is 9.59 Å². The molecule has 164 valence electrons. The average Bonchev–Trinajstić information content (AvgIpc) is 3.41. The molecule has 0 radical (unpaired) electrons. The molecule has 8 nitrogen and oxygen atoms in total. The van der Waals surface area contributed by atoms with Gasteiger partial charge in [-0.2, -0.15) is 0 Å². The molecule has 2 aromatic rings. The van der Waals surface area contributed by atoms with Gasteiger partial charge in [0.05, 0.1) is 6.04 Å². The molecule has 3 heterocycles. The van der Waals surface area contributed by atoms with Gasteiger partial charge in [0.1, 0.15) is 5.76 Å². The first-order valence-corrected chi connectivity index (χ1v) is 10.7. The van der Waals surface area contributed by atoms with E-state index in [2.05, 4.69) is 5.32 Å². The van der Waals surface area contributed by atoms with Crippen molar-refractivity contribution >= 4 is 23.5 Å². The topological polar surface area (TPSA) is 86.1 Å². The fourth-order valence-corrected chi connectivity index (χ4v) is 4.06. The molecule has 0 aliphatic carbocycles. The molecule has 8 heteroatoms. The summed E-state index contributed by atoms with van der Waals surface area (Å²) in [6.45, 7) is 6.34. The van der Waals surface area contributed by atoms with E-state index in [0.29, 0.717) is 44.1 Å². The number of carbonyl (C=O) groups excluding carboxylic acids is 3. The summed E-state index contributed by atoms with van der Waals surface area (Å²) < 4.78 is 5.42. The molecule has 1 aromatic carbocycles. The largest absolute Gasteiger partial charge is 0.456 e. The van der Waals surface area contributed by atoms with E-state index in [9.17, 15) is 14.4 Å². The minimum atomic E-state index is -0.198. The van der Waals surface area contributed by atoms with Crippen LogP contribution in [-0.4, -0.2) is 60.4 Å². The molecule has 0 saturated carbocycles. The van der Waals surface area contributed by atoms with Crippen molar-refractivity contribution in [3.8, 4) is 0 Å². The number of hydrogen-bond donors (Lipinski definition) is 1. The lowest BCUT2D eigenvalue weighted by molar-refractivity contribution is -0.117. The summed E-state index contributed by atoms with van der Waals surface area (Å²) in [7, 11) is 0. The highest BCUT2D eigenvalue weighted by Gasteiger charge is 2.27. The Morgan fingerprint density at radius 1 is 1.03 bits per heavy atom. The Bertz CT molecular complexity index is 977. The number of rotatable bonds is 4. The van der Waals surface area contributed by atoms with Crippen LogP contribution < -0.4 is 10.2 Å². The number of carbonyl (C=O) groups is 3. The summed E-state index contributed by atoms with van der Waals surface area (Å²) in [6.07, 6.45) is 1.47. The van der Waals surface area contributed by atoms with E-state index in [1.807, 2.05) is 31.2 Å². The standard InChI is InChI=1S/C23H28N4O4/c1-16-8-9-20(31-16)22(29)25-11-13-26(14-12-25)23(30)24-17(2)18-5-3-6-19(15-18)27-10-4-7-21(27)28/h3,5-6,8-9,15,17H,4,7,10-14H2,1-2H3,(H,24,30). The summed E-state index contributed by atoms with van der Waals surface area (Å²) in [4.78, 5) is 42.5. The SMILES string of the molecule is Cc1ccc(C(=O)N2CCN(C(=O)NC(C)c3cccc(N4CCCC4=O)c3)CC2)o1. The lowest BCUT2D eigenvalue weighted by Gasteiger charge is -2.35. The summed E-state index contributed by atoms with van der Waals surface area (Å²) in [5.74, 6) is 1.04. The molecule has 4 rings (SSSR count). The monoisotopic (exact) mass is 424 g/mol. The van der Waals surface area contributed by atoms with Gasteiger partial charge in [0.25, 0.3) is 5.91 Å². The van der Waals surface area contributed by atoms with Gasteiger partial charge in [0.15, 0.2) is 5.76 Å². The number of nitrogens with zero attached hydrogens (tertiary/aromatic N) is 3. The molecule has 31 heavy (non-hydrogen) atoms. The van der Waals surface area contributed by atoms with E-state index in [-0.39, 0.29) is 23.9 Å². The van der Waals surface area contributed by atoms with Gasteiger partial charge in [0.2, 0.25) is 5.91 Å². The minimum absolute atomic E-state index is 0.144. The average molecular weight is 425 g/mol. The predicted octanol–water partition coefficient (Wildman–Crippen LogP) is 2.94. The summed E-state index contributed by atoms with van der Waals surface area (Å²) in [6, 6.07) is 10.9. The van der Waals surface area contributed by atoms with Crippen molar-refractivity contribution in [2.75, 3.05) is 37.6 Å². The van der Waals surface area contributed by atoms with E-state index in [0.717, 1.165) is 24.2 Å². The second-order valence-corrected chi connectivity index (χ2v) is 8.10. The highest BCUT2D eigenvalue weighted by atomic mass is 16.3. The van der Waals surface area contributed by atoms with Gasteiger partial charge in [0, 0.05) is 44.8 Å². The quantitative estimate of drug-likeness (QED) is 0.818. The van der Waals surface area contributed by atoms with Gasteiger partial charge in [-0.05, 0) is 50.1 Å². The highest BCUT2D eigenvalue weighted by Crippen LogP contribution is 2.25. The smallest absolute Gasteiger partial charge is 0.317 e. The molecule has 0 bridgehead atoms. The normalized spacial score (nSPS) is 17.7. The number of urea groups is 1. The zero-order valence-corrected chi connectivity index (χ0v) is 18.0. The number of piperazine rings is 1. The van der Waals surface area contributed by atoms with Crippen LogP contribution in [0, 0.1) is 6.92 Å². The van der Waals surface area contributed by atoms with E-state index >= 15 is 0 Å². The van der Waals surface area contributed by atoms with Crippen LogP contribution in [0.4, 0.5) is 10.5 Å². The van der Waals surface area contributed by atoms with Crippen molar-refractivity contribution in [1.29, 1.82) is 0 Å². The predicted molar refractivity (Wildman–Crippen MR) is 116 cm³/mol. The number of anilines is 1. The third-order valence-corrected chi connectivity index (χ3v) is 5.90. The maximum Gasteiger partial charge on any atom is 0.317 e. The Morgan fingerprint density at radius 3 is 2.42 bits per heavy atom. The maximum absolute atomic E-state index is 12.8. The van der Waals surface area contributed by atoms with Crippen molar-refractivity contribution in [2.24, 2.45) is 0 Å². The third kappa shape index (κ3) is 4.57. The lowest BCUT2D eigenvalue weighted by atomic mass is 10.1. The van der Waals surface area contributed by atoms with Crippen LogP contribution in [0.2, 0.25) is 0 Å². The first kappa shape index (κ1) is 21.0. The molecular weight excluding hydrogens is 396 g/mol. The Hall–Kier alpha value is -3.29. The minimum Gasteiger partial charge on any atom is -0.456 e. The van der Waals surface area contributed by atoms with Gasteiger partial charge in [-0.15, -0.1) is 0 Å². The first-order chi connectivity index (χ1) is 14.9. The number of aryl methyl sites for hydroxylation is 1. The van der Waals surface area contributed by atoms with Crippen LogP contribution >= 0.6 is 0 Å². The van der Waals surface area contributed by atoms with Crippen molar-refractivity contribution in [2.45, 2.75) is 32.7 Å². The van der Waals surface area contributed by atoms with Crippen molar-refractivity contribution in [1.82, 2.24) is 15.1 Å². The van der Waals surface area contributed by atoms with Crippen molar-refractivity contribution in [3.05, 3.63) is 53.5 Å². The van der Waals surface area contributed by atoms with Gasteiger partial charge in [-0.25, -0.2) is 4.79 Å². The number of nitrogens with one attached hydrogen (secondary N) is 1. The zero-order chi connectivity index (χ0) is 22.0. The highest BCUT2D eigenvalue weighted by molar-refractivity contribution is 5.95. The molecule has 2 fully saturated rings. The molecule has 4 amide bonds. The van der Waals surface area contributed by atoms with Crippen LogP contribution in [0.5, 0.6) is 0 Å². The fourth-order valence-electron chi connectivity index (χ4n) is 4.06. The second-order valence-electron chi connectivity index (χ2n) is 8.10. The van der Waals surface area contributed by atoms with E-state index in [1.54, 1.807) is 33.8 Å². The molecule has 2 saturated heterocycles. The Morgan fingerprint density at radius 2 is 1.77 bits per heavy atom. The van der Waals surface area contributed by atoms with Crippen molar-refractivity contribution in [3.63, 3.8) is 0 Å². The molecule has 2 aliphatic rings. The number of benzene rings is 1. The second kappa shape index (κ2) is 8.83. The van der Waals surface area contributed by atoms with Crippen LogP contribution in [0.15, 0.2) is 40.8 Å². The van der Waals surface area contributed by atoms with Gasteiger partial charge in [-0.1, -0.05) is 12.1 Å². The summed E-state index contributed by atoms with van der Waals surface area (Å²) >= 11 is 0. The van der Waals surface area contributed by atoms with Gasteiger partial charge >= 0.3 is 6.03 Å². The lowest BCUT2D eigenvalue weighted by Crippen LogP contribution is -2.53. The number of hydrogen-bond acceptors (Lipinski definition) is 4. The third-order valence-electron chi connectivity index (χ3n) is 5.90. The number of amides is 4. The molecule has 1 atom stereocenters. The zero-order valence-electron chi connectivity index (χ0n) is 18.0. The first-order valence-electron chi connectivity index (χ1n) is 10.7.